The minimum atomic E-state index is -0.173. The molecule has 4 nitrogen and oxygen atoms in total. The molecule has 1 aromatic heterocycles. The summed E-state index contributed by atoms with van der Waals surface area (Å²) >= 11 is 8.16. The SMILES string of the molecule is N#Cc1c(-c2ccccc2)cc(-c2ccc(Br)cc2)nc1SCC(=O)Nc1ccccc1Br. The van der Waals surface area contributed by atoms with Gasteiger partial charge >= 0.3 is 0 Å². The second kappa shape index (κ2) is 10.8. The average molecular weight is 579 g/mol. The molecule has 0 radical (unpaired) electrons. The second-order valence-corrected chi connectivity index (χ2v) is 9.77. The van der Waals surface area contributed by atoms with E-state index in [1.165, 1.54) is 11.8 Å². The lowest BCUT2D eigenvalue weighted by Gasteiger charge is -2.13. The lowest BCUT2D eigenvalue weighted by molar-refractivity contribution is -0.113. The van der Waals surface area contributed by atoms with Gasteiger partial charge in [0.1, 0.15) is 11.1 Å². The Morgan fingerprint density at radius 2 is 1.64 bits per heavy atom. The van der Waals surface area contributed by atoms with E-state index in [1.54, 1.807) is 0 Å². The number of pyridine rings is 1. The summed E-state index contributed by atoms with van der Waals surface area (Å²) in [5.74, 6) is -0.0472. The van der Waals surface area contributed by atoms with Crippen molar-refractivity contribution in [2.75, 3.05) is 11.1 Å². The summed E-state index contributed by atoms with van der Waals surface area (Å²) in [5.41, 5.74) is 4.55. The topological polar surface area (TPSA) is 65.8 Å². The van der Waals surface area contributed by atoms with E-state index in [4.69, 9.17) is 4.98 Å². The largest absolute Gasteiger partial charge is 0.324 e. The third kappa shape index (κ3) is 5.72. The maximum Gasteiger partial charge on any atom is 0.234 e. The molecule has 0 aliphatic carbocycles. The number of halogens is 2. The first-order chi connectivity index (χ1) is 16.0. The van der Waals surface area contributed by atoms with Crippen LogP contribution >= 0.6 is 43.6 Å². The summed E-state index contributed by atoms with van der Waals surface area (Å²) in [6.45, 7) is 0. The number of nitriles is 1. The molecular weight excluding hydrogens is 562 g/mol. The van der Waals surface area contributed by atoms with Gasteiger partial charge in [-0.05, 0) is 51.8 Å². The molecule has 3 aromatic carbocycles. The quantitative estimate of drug-likeness (QED) is 0.240. The van der Waals surface area contributed by atoms with Crippen molar-refractivity contribution in [2.24, 2.45) is 0 Å². The highest BCUT2D eigenvalue weighted by atomic mass is 79.9. The molecule has 162 valence electrons. The van der Waals surface area contributed by atoms with Crippen molar-refractivity contribution >= 4 is 55.2 Å². The van der Waals surface area contributed by atoms with E-state index < -0.39 is 0 Å². The smallest absolute Gasteiger partial charge is 0.234 e. The number of amides is 1. The number of nitrogens with one attached hydrogen (secondary N) is 1. The Balaban J connectivity index is 1.69. The van der Waals surface area contributed by atoms with Gasteiger partial charge in [0.25, 0.3) is 0 Å². The maximum absolute atomic E-state index is 12.6. The molecule has 1 N–H and O–H groups in total. The Morgan fingerprint density at radius 1 is 0.939 bits per heavy atom. The monoisotopic (exact) mass is 577 g/mol. The maximum atomic E-state index is 12.6. The predicted molar refractivity (Wildman–Crippen MR) is 141 cm³/mol. The highest BCUT2D eigenvalue weighted by molar-refractivity contribution is 9.10. The van der Waals surface area contributed by atoms with Crippen LogP contribution in [0.25, 0.3) is 22.4 Å². The van der Waals surface area contributed by atoms with Crippen LogP contribution in [0.15, 0.2) is 98.9 Å². The minimum absolute atomic E-state index is 0.126. The first-order valence-electron chi connectivity index (χ1n) is 9.99. The number of para-hydroxylation sites is 1. The number of hydrogen-bond donors (Lipinski definition) is 1. The lowest BCUT2D eigenvalue weighted by Crippen LogP contribution is -2.14. The van der Waals surface area contributed by atoms with Gasteiger partial charge in [-0.1, -0.05) is 82.3 Å². The number of hydrogen-bond acceptors (Lipinski definition) is 4. The molecule has 0 atom stereocenters. The van der Waals surface area contributed by atoms with E-state index in [2.05, 4.69) is 43.2 Å². The van der Waals surface area contributed by atoms with E-state index in [1.807, 2.05) is 84.9 Å². The Labute approximate surface area is 213 Å². The van der Waals surface area contributed by atoms with Crippen LogP contribution in [-0.2, 0) is 4.79 Å². The van der Waals surface area contributed by atoms with E-state index in [0.717, 1.165) is 31.3 Å². The van der Waals surface area contributed by atoms with Crippen LogP contribution in [0.4, 0.5) is 5.69 Å². The van der Waals surface area contributed by atoms with Gasteiger partial charge in [0.05, 0.1) is 22.7 Å². The van der Waals surface area contributed by atoms with Crippen LogP contribution in [0.5, 0.6) is 0 Å². The van der Waals surface area contributed by atoms with E-state index in [0.29, 0.717) is 16.3 Å². The molecule has 0 saturated carbocycles. The van der Waals surface area contributed by atoms with Gasteiger partial charge in [-0.25, -0.2) is 4.98 Å². The zero-order valence-electron chi connectivity index (χ0n) is 17.3. The standard InChI is InChI=1S/C26H17Br2N3OS/c27-19-12-10-18(11-13-19)24-14-20(17-6-2-1-3-7-17)21(15-29)26(31-24)33-16-25(32)30-23-9-5-4-8-22(23)28/h1-14H,16H2,(H,30,32). The summed E-state index contributed by atoms with van der Waals surface area (Å²) in [6.07, 6.45) is 0. The molecule has 4 aromatic rings. The molecular formula is C26H17Br2N3OS. The second-order valence-electron chi connectivity index (χ2n) is 7.04. The summed E-state index contributed by atoms with van der Waals surface area (Å²) in [5, 5.41) is 13.4. The molecule has 0 unspecified atom stereocenters. The predicted octanol–water partition coefficient (Wildman–Crippen LogP) is 7.54. The molecule has 0 aliphatic heterocycles. The van der Waals surface area contributed by atoms with Crippen molar-refractivity contribution < 1.29 is 4.79 Å². The molecule has 33 heavy (non-hydrogen) atoms. The molecule has 0 aliphatic rings. The number of rotatable bonds is 6. The fourth-order valence-electron chi connectivity index (χ4n) is 3.23. The third-order valence-corrected chi connectivity index (χ3v) is 7.01. The number of thioether (sulfide) groups is 1. The fourth-order valence-corrected chi connectivity index (χ4v) is 4.68. The molecule has 0 fully saturated rings. The van der Waals surface area contributed by atoms with Crippen molar-refractivity contribution in [3.8, 4) is 28.5 Å². The van der Waals surface area contributed by atoms with Gasteiger partial charge < -0.3 is 5.32 Å². The molecule has 0 spiro atoms. The Kier molecular flexibility index (Phi) is 7.61. The van der Waals surface area contributed by atoms with Crippen LogP contribution in [0.1, 0.15) is 5.56 Å². The Morgan fingerprint density at radius 3 is 2.33 bits per heavy atom. The molecule has 4 rings (SSSR count). The molecule has 1 amide bonds. The highest BCUT2D eigenvalue weighted by Crippen LogP contribution is 2.34. The van der Waals surface area contributed by atoms with Crippen LogP contribution in [0.2, 0.25) is 0 Å². The zero-order chi connectivity index (χ0) is 23.2. The number of carbonyl (C=O) groups excluding carboxylic acids is 1. The van der Waals surface area contributed by atoms with E-state index in [9.17, 15) is 10.1 Å². The van der Waals surface area contributed by atoms with Gasteiger partial charge in [0, 0.05) is 20.1 Å². The molecule has 0 saturated heterocycles. The van der Waals surface area contributed by atoms with Crippen LogP contribution < -0.4 is 5.32 Å². The van der Waals surface area contributed by atoms with Gasteiger partial charge in [-0.3, -0.25) is 4.79 Å². The van der Waals surface area contributed by atoms with Crippen LogP contribution in [0, 0.1) is 11.3 Å². The number of benzene rings is 3. The van der Waals surface area contributed by atoms with Crippen molar-refractivity contribution in [3.05, 3.63) is 99.4 Å². The third-order valence-electron chi connectivity index (χ3n) is 4.81. The first-order valence-corrected chi connectivity index (χ1v) is 12.6. The molecule has 7 heteroatoms. The van der Waals surface area contributed by atoms with Gasteiger partial charge in [0.15, 0.2) is 0 Å². The van der Waals surface area contributed by atoms with Crippen LogP contribution in [0.3, 0.4) is 0 Å². The minimum Gasteiger partial charge on any atom is -0.324 e. The van der Waals surface area contributed by atoms with E-state index >= 15 is 0 Å². The Bertz CT molecular complexity index is 1340. The number of aromatic nitrogens is 1. The first kappa shape index (κ1) is 23.2. The summed E-state index contributed by atoms with van der Waals surface area (Å²) in [7, 11) is 0. The molecule has 0 bridgehead atoms. The highest BCUT2D eigenvalue weighted by Gasteiger charge is 2.17. The fraction of sp³-hybridized carbons (Fsp3) is 0.0385. The summed E-state index contributed by atoms with van der Waals surface area (Å²) in [4.78, 5) is 17.4. The van der Waals surface area contributed by atoms with Crippen molar-refractivity contribution in [2.45, 2.75) is 5.03 Å². The van der Waals surface area contributed by atoms with Gasteiger partial charge in [-0.15, -0.1) is 0 Å². The average Bonchev–Trinajstić information content (AvgIpc) is 2.84. The number of nitrogens with zero attached hydrogens (tertiary/aromatic N) is 2. The van der Waals surface area contributed by atoms with Gasteiger partial charge in [-0.2, -0.15) is 5.26 Å². The number of carbonyl (C=O) groups is 1. The van der Waals surface area contributed by atoms with Crippen LogP contribution in [-0.4, -0.2) is 16.6 Å². The Hall–Kier alpha value is -2.92. The van der Waals surface area contributed by atoms with Crippen molar-refractivity contribution in [3.63, 3.8) is 0 Å². The van der Waals surface area contributed by atoms with E-state index in [-0.39, 0.29) is 11.7 Å². The summed E-state index contributed by atoms with van der Waals surface area (Å²) in [6, 6.07) is 29.3. The number of anilines is 1. The normalized spacial score (nSPS) is 10.5. The molecule has 1 heterocycles. The van der Waals surface area contributed by atoms with Gasteiger partial charge in [0.2, 0.25) is 5.91 Å². The van der Waals surface area contributed by atoms with Crippen molar-refractivity contribution in [1.82, 2.24) is 4.98 Å². The van der Waals surface area contributed by atoms with Crippen molar-refractivity contribution in [1.29, 1.82) is 5.26 Å². The summed E-state index contributed by atoms with van der Waals surface area (Å²) < 4.78 is 1.78. The zero-order valence-corrected chi connectivity index (χ0v) is 21.2. The lowest BCUT2D eigenvalue weighted by atomic mass is 9.99.